The Morgan fingerprint density at radius 3 is 2.62 bits per heavy atom. The smallest absolute Gasteiger partial charge is 0.233 e. The second-order valence-electron chi connectivity index (χ2n) is 5.54. The molecular weight excluding hydrogens is 260 g/mol. The van der Waals surface area contributed by atoms with Crippen LogP contribution in [0.2, 0.25) is 0 Å². The van der Waals surface area contributed by atoms with Crippen molar-refractivity contribution in [3.63, 3.8) is 0 Å². The Bertz CT molecular complexity index is 670. The maximum atomic E-state index is 4.59. The van der Waals surface area contributed by atoms with Crippen molar-refractivity contribution >= 4 is 5.78 Å². The van der Waals surface area contributed by atoms with Gasteiger partial charge in [-0.1, -0.05) is 30.3 Å². The van der Waals surface area contributed by atoms with Crippen LogP contribution in [-0.4, -0.2) is 25.3 Å². The first-order chi connectivity index (χ1) is 10.2. The summed E-state index contributed by atoms with van der Waals surface area (Å²) >= 11 is 0. The lowest BCUT2D eigenvalue weighted by Gasteiger charge is -2.25. The highest BCUT2D eigenvalue weighted by Gasteiger charge is 2.13. The van der Waals surface area contributed by atoms with Crippen LogP contribution in [0, 0.1) is 0 Å². The Balaban J connectivity index is 1.78. The zero-order chi connectivity index (χ0) is 14.7. The molecular formula is C17H20N4. The summed E-state index contributed by atoms with van der Waals surface area (Å²) in [4.78, 5) is 11.3. The standard InChI is InChI=1S/C17H20N4/c1-14(2)21(11-15-7-4-3-5-8-15)13-16-12-20-10-6-9-18-17(20)19-16/h3-10,12,14H,11,13H2,1-2H3. The van der Waals surface area contributed by atoms with Crippen LogP contribution < -0.4 is 0 Å². The van der Waals surface area contributed by atoms with Crippen molar-refractivity contribution in [3.8, 4) is 0 Å². The van der Waals surface area contributed by atoms with Gasteiger partial charge in [0.1, 0.15) is 0 Å². The van der Waals surface area contributed by atoms with E-state index in [2.05, 4.69) is 65.2 Å². The van der Waals surface area contributed by atoms with E-state index < -0.39 is 0 Å². The van der Waals surface area contributed by atoms with E-state index in [9.17, 15) is 0 Å². The highest BCUT2D eigenvalue weighted by Crippen LogP contribution is 2.13. The normalized spacial score (nSPS) is 11.6. The molecule has 4 nitrogen and oxygen atoms in total. The maximum absolute atomic E-state index is 4.59. The number of rotatable bonds is 5. The molecule has 0 bridgehead atoms. The molecule has 0 saturated heterocycles. The van der Waals surface area contributed by atoms with Crippen LogP contribution in [0.15, 0.2) is 55.0 Å². The lowest BCUT2D eigenvalue weighted by Crippen LogP contribution is -2.29. The molecule has 0 atom stereocenters. The van der Waals surface area contributed by atoms with Gasteiger partial charge in [-0.05, 0) is 25.5 Å². The Morgan fingerprint density at radius 1 is 1.10 bits per heavy atom. The van der Waals surface area contributed by atoms with Crippen molar-refractivity contribution in [2.24, 2.45) is 0 Å². The van der Waals surface area contributed by atoms with Gasteiger partial charge in [-0.25, -0.2) is 9.97 Å². The molecule has 0 N–H and O–H groups in total. The van der Waals surface area contributed by atoms with Gasteiger partial charge in [0, 0.05) is 37.7 Å². The van der Waals surface area contributed by atoms with E-state index in [0.717, 1.165) is 24.6 Å². The van der Waals surface area contributed by atoms with Gasteiger partial charge < -0.3 is 0 Å². The quantitative estimate of drug-likeness (QED) is 0.720. The van der Waals surface area contributed by atoms with Crippen molar-refractivity contribution in [1.29, 1.82) is 0 Å². The Morgan fingerprint density at radius 2 is 1.90 bits per heavy atom. The highest BCUT2D eigenvalue weighted by atomic mass is 15.2. The second kappa shape index (κ2) is 6.06. The summed E-state index contributed by atoms with van der Waals surface area (Å²) in [7, 11) is 0. The van der Waals surface area contributed by atoms with Gasteiger partial charge in [0.05, 0.1) is 5.69 Å². The first-order valence-electron chi connectivity index (χ1n) is 7.29. The summed E-state index contributed by atoms with van der Waals surface area (Å²) in [5, 5.41) is 0. The molecule has 2 aromatic heterocycles. The van der Waals surface area contributed by atoms with Crippen LogP contribution in [0.25, 0.3) is 5.78 Å². The molecule has 0 unspecified atom stereocenters. The summed E-state index contributed by atoms with van der Waals surface area (Å²) in [6.45, 7) is 6.20. The van der Waals surface area contributed by atoms with E-state index in [1.54, 1.807) is 6.20 Å². The molecule has 0 saturated carbocycles. The number of hydrogen-bond donors (Lipinski definition) is 0. The molecule has 0 radical (unpaired) electrons. The molecule has 1 aromatic carbocycles. The predicted octanol–water partition coefficient (Wildman–Crippen LogP) is 3.14. The number of hydrogen-bond acceptors (Lipinski definition) is 3. The van der Waals surface area contributed by atoms with Gasteiger partial charge in [0.15, 0.2) is 0 Å². The predicted molar refractivity (Wildman–Crippen MR) is 83.8 cm³/mol. The third-order valence-corrected chi connectivity index (χ3v) is 3.61. The van der Waals surface area contributed by atoms with Crippen molar-refractivity contribution in [1.82, 2.24) is 19.3 Å². The van der Waals surface area contributed by atoms with Crippen molar-refractivity contribution in [2.45, 2.75) is 33.0 Å². The molecule has 0 fully saturated rings. The van der Waals surface area contributed by atoms with Crippen LogP contribution in [0.1, 0.15) is 25.1 Å². The van der Waals surface area contributed by atoms with Gasteiger partial charge >= 0.3 is 0 Å². The van der Waals surface area contributed by atoms with E-state index in [4.69, 9.17) is 0 Å². The Hall–Kier alpha value is -2.20. The molecule has 4 heteroatoms. The molecule has 2 heterocycles. The molecule has 0 amide bonds. The Labute approximate surface area is 125 Å². The third-order valence-electron chi connectivity index (χ3n) is 3.61. The van der Waals surface area contributed by atoms with Gasteiger partial charge in [0.25, 0.3) is 0 Å². The number of benzene rings is 1. The van der Waals surface area contributed by atoms with Gasteiger partial charge in [0.2, 0.25) is 5.78 Å². The van der Waals surface area contributed by atoms with Crippen LogP contribution in [0.4, 0.5) is 0 Å². The maximum Gasteiger partial charge on any atom is 0.233 e. The van der Waals surface area contributed by atoms with Crippen LogP contribution in [0.3, 0.4) is 0 Å². The molecule has 0 spiro atoms. The molecule has 0 aliphatic rings. The van der Waals surface area contributed by atoms with Gasteiger partial charge in [-0.3, -0.25) is 9.30 Å². The fourth-order valence-corrected chi connectivity index (χ4v) is 2.40. The number of imidazole rings is 1. The van der Waals surface area contributed by atoms with E-state index in [1.807, 2.05) is 16.7 Å². The number of aromatic nitrogens is 3. The van der Waals surface area contributed by atoms with E-state index in [-0.39, 0.29) is 0 Å². The monoisotopic (exact) mass is 280 g/mol. The lowest BCUT2D eigenvalue weighted by atomic mass is 10.2. The zero-order valence-corrected chi connectivity index (χ0v) is 12.5. The second-order valence-corrected chi connectivity index (χ2v) is 5.54. The van der Waals surface area contributed by atoms with Crippen molar-refractivity contribution < 1.29 is 0 Å². The molecule has 21 heavy (non-hydrogen) atoms. The molecule has 108 valence electrons. The summed E-state index contributed by atoms with van der Waals surface area (Å²) < 4.78 is 1.97. The summed E-state index contributed by atoms with van der Waals surface area (Å²) in [5.41, 5.74) is 2.38. The lowest BCUT2D eigenvalue weighted by molar-refractivity contribution is 0.201. The SMILES string of the molecule is CC(C)N(Cc1ccccc1)Cc1cn2cccnc2n1. The largest absolute Gasteiger partial charge is 0.291 e. The van der Waals surface area contributed by atoms with E-state index in [0.29, 0.717) is 6.04 Å². The first-order valence-corrected chi connectivity index (χ1v) is 7.29. The average molecular weight is 280 g/mol. The number of fused-ring (bicyclic) bond motifs is 1. The van der Waals surface area contributed by atoms with E-state index >= 15 is 0 Å². The fraction of sp³-hybridized carbons (Fsp3) is 0.294. The minimum absolute atomic E-state index is 0.461. The molecule has 0 aliphatic carbocycles. The van der Waals surface area contributed by atoms with Crippen LogP contribution in [-0.2, 0) is 13.1 Å². The summed E-state index contributed by atoms with van der Waals surface area (Å²) in [6.07, 6.45) is 5.81. The molecule has 3 rings (SSSR count). The summed E-state index contributed by atoms with van der Waals surface area (Å²) in [5.74, 6) is 0.760. The number of nitrogens with zero attached hydrogens (tertiary/aromatic N) is 4. The highest BCUT2D eigenvalue weighted by molar-refractivity contribution is 5.29. The topological polar surface area (TPSA) is 33.4 Å². The Kier molecular flexibility index (Phi) is 3.97. The van der Waals surface area contributed by atoms with Crippen molar-refractivity contribution in [2.75, 3.05) is 0 Å². The minimum atomic E-state index is 0.461. The van der Waals surface area contributed by atoms with Crippen molar-refractivity contribution in [3.05, 3.63) is 66.2 Å². The average Bonchev–Trinajstić information content (AvgIpc) is 2.90. The molecule has 3 aromatic rings. The molecule has 0 aliphatic heterocycles. The fourth-order valence-electron chi connectivity index (χ4n) is 2.40. The van der Waals surface area contributed by atoms with Crippen LogP contribution >= 0.6 is 0 Å². The third kappa shape index (κ3) is 3.28. The van der Waals surface area contributed by atoms with E-state index in [1.165, 1.54) is 5.56 Å². The van der Waals surface area contributed by atoms with Gasteiger partial charge in [-0.15, -0.1) is 0 Å². The first kappa shape index (κ1) is 13.8. The summed E-state index contributed by atoms with van der Waals surface area (Å²) in [6, 6.07) is 12.9. The zero-order valence-electron chi connectivity index (χ0n) is 12.5. The minimum Gasteiger partial charge on any atom is -0.291 e. The van der Waals surface area contributed by atoms with Crippen LogP contribution in [0.5, 0.6) is 0 Å². The van der Waals surface area contributed by atoms with Gasteiger partial charge in [-0.2, -0.15) is 0 Å².